The molecule has 0 spiro atoms. The Balaban J connectivity index is 1.38. The highest BCUT2D eigenvalue weighted by Gasteiger charge is 2.64. The predicted molar refractivity (Wildman–Crippen MR) is 90.7 cm³/mol. The number of carbonyl (C=O) groups is 1. The average Bonchev–Trinajstić information content (AvgIpc) is 3.21. The van der Waals surface area contributed by atoms with E-state index in [0.717, 1.165) is 31.3 Å². The van der Waals surface area contributed by atoms with E-state index in [1.807, 2.05) is 0 Å². The Kier molecular flexibility index (Phi) is 3.08. The van der Waals surface area contributed by atoms with Gasteiger partial charge < -0.3 is 14.8 Å². The fraction of sp³-hybridized carbons (Fsp3) is 0.550. The number of carbonyl (C=O) groups excluding carboxylic acids is 1. The molecule has 1 aromatic carbocycles. The van der Waals surface area contributed by atoms with Gasteiger partial charge in [0.25, 0.3) is 0 Å². The van der Waals surface area contributed by atoms with Crippen LogP contribution in [0.15, 0.2) is 35.9 Å². The van der Waals surface area contributed by atoms with Crippen molar-refractivity contribution < 1.29 is 14.3 Å². The molecule has 1 saturated heterocycles. The van der Waals surface area contributed by atoms with Gasteiger partial charge >= 0.3 is 5.97 Å². The van der Waals surface area contributed by atoms with Crippen molar-refractivity contribution in [2.24, 2.45) is 11.8 Å². The van der Waals surface area contributed by atoms with Crippen LogP contribution in [-0.2, 0) is 20.7 Å². The van der Waals surface area contributed by atoms with Gasteiger partial charge in [0, 0.05) is 5.69 Å². The summed E-state index contributed by atoms with van der Waals surface area (Å²) in [6, 6.07) is 8.69. The monoisotopic (exact) mass is 325 g/mol. The lowest BCUT2D eigenvalue weighted by Gasteiger charge is -2.39. The van der Waals surface area contributed by atoms with Gasteiger partial charge in [0.05, 0.1) is 18.2 Å². The first-order valence-corrected chi connectivity index (χ1v) is 9.08. The molecule has 1 unspecified atom stereocenters. The molecule has 2 heterocycles. The number of allylic oxidation sites excluding steroid dienone is 1. The summed E-state index contributed by atoms with van der Waals surface area (Å²) in [4.78, 5) is 12.3. The Morgan fingerprint density at radius 3 is 3.08 bits per heavy atom. The second-order valence-corrected chi connectivity index (χ2v) is 7.77. The molecule has 2 aliphatic carbocycles. The molecule has 5 rings (SSSR count). The largest absolute Gasteiger partial charge is 0.455 e. The van der Waals surface area contributed by atoms with Crippen LogP contribution in [0.3, 0.4) is 0 Å². The maximum atomic E-state index is 12.3. The minimum atomic E-state index is -0.486. The fourth-order valence-electron chi connectivity index (χ4n) is 5.23. The van der Waals surface area contributed by atoms with Gasteiger partial charge in [-0.25, -0.2) is 4.79 Å². The number of hydrogen-bond acceptors (Lipinski definition) is 4. The summed E-state index contributed by atoms with van der Waals surface area (Å²) >= 11 is 0. The number of nitrogens with one attached hydrogen (secondary N) is 1. The standard InChI is InChI=1S/C20H23NO3/c1-12-8-14-6-7-18-20(14,16(9-12)19(22)24-18)23-11-15-10-13-4-2-3-5-17(13)21-15/h2-5,9,12,14-15,18,21H,6-8,10-11H2,1H3/t12-,14+,15?,18+,20-/m1/s1. The number of hydrogen-bond donors (Lipinski definition) is 1. The SMILES string of the molecule is C[C@H]1C=C2C(=O)O[C@H]3CC[C@@H](C1)[C@@]23OCC1Cc2ccccc2N1. The van der Waals surface area contributed by atoms with Crippen LogP contribution in [0, 0.1) is 11.8 Å². The number of para-hydroxylation sites is 1. The Labute approximate surface area is 142 Å². The highest BCUT2D eigenvalue weighted by Crippen LogP contribution is 2.55. The second-order valence-electron chi connectivity index (χ2n) is 7.77. The Morgan fingerprint density at radius 1 is 1.33 bits per heavy atom. The normalized spacial score (nSPS) is 39.0. The molecule has 4 aliphatic rings. The number of esters is 1. The van der Waals surface area contributed by atoms with Crippen molar-refractivity contribution in [2.75, 3.05) is 11.9 Å². The van der Waals surface area contributed by atoms with Gasteiger partial charge in [-0.2, -0.15) is 0 Å². The molecule has 2 fully saturated rings. The number of benzene rings is 1. The van der Waals surface area contributed by atoms with E-state index >= 15 is 0 Å². The van der Waals surface area contributed by atoms with Gasteiger partial charge in [-0.3, -0.25) is 0 Å². The van der Waals surface area contributed by atoms with Gasteiger partial charge in [-0.15, -0.1) is 0 Å². The highest BCUT2D eigenvalue weighted by atomic mass is 16.6. The van der Waals surface area contributed by atoms with E-state index in [2.05, 4.69) is 42.6 Å². The van der Waals surface area contributed by atoms with Crippen LogP contribution >= 0.6 is 0 Å². The minimum Gasteiger partial charge on any atom is -0.455 e. The molecule has 1 saturated carbocycles. The minimum absolute atomic E-state index is 0.0856. The maximum absolute atomic E-state index is 12.3. The third-order valence-electron chi connectivity index (χ3n) is 6.23. The molecule has 1 aromatic rings. The zero-order chi connectivity index (χ0) is 16.3. The lowest BCUT2D eigenvalue weighted by molar-refractivity contribution is -0.142. The van der Waals surface area contributed by atoms with E-state index in [4.69, 9.17) is 9.47 Å². The molecule has 5 atom stereocenters. The molecule has 0 amide bonds. The molecule has 0 radical (unpaired) electrons. The Morgan fingerprint density at radius 2 is 2.21 bits per heavy atom. The molecule has 2 aliphatic heterocycles. The fourth-order valence-corrected chi connectivity index (χ4v) is 5.23. The van der Waals surface area contributed by atoms with E-state index in [9.17, 15) is 4.79 Å². The first-order chi connectivity index (χ1) is 11.7. The molecule has 0 aromatic heterocycles. The smallest absolute Gasteiger partial charge is 0.337 e. The summed E-state index contributed by atoms with van der Waals surface area (Å²) in [6.07, 6.45) is 6.11. The van der Waals surface area contributed by atoms with Crippen molar-refractivity contribution in [3.63, 3.8) is 0 Å². The van der Waals surface area contributed by atoms with Crippen molar-refractivity contribution >= 4 is 11.7 Å². The van der Waals surface area contributed by atoms with Crippen LogP contribution in [0.2, 0.25) is 0 Å². The van der Waals surface area contributed by atoms with Crippen molar-refractivity contribution in [1.29, 1.82) is 0 Å². The predicted octanol–water partition coefficient (Wildman–Crippen LogP) is 3.08. The molecule has 24 heavy (non-hydrogen) atoms. The van der Waals surface area contributed by atoms with Crippen molar-refractivity contribution in [1.82, 2.24) is 0 Å². The molecule has 1 N–H and O–H groups in total. The highest BCUT2D eigenvalue weighted by molar-refractivity contribution is 5.94. The third kappa shape index (κ3) is 1.92. The first kappa shape index (κ1) is 14.5. The molecule has 126 valence electrons. The van der Waals surface area contributed by atoms with Crippen molar-refractivity contribution in [3.8, 4) is 0 Å². The summed E-state index contributed by atoms with van der Waals surface area (Å²) in [7, 11) is 0. The summed E-state index contributed by atoms with van der Waals surface area (Å²) in [5, 5.41) is 3.55. The van der Waals surface area contributed by atoms with Crippen LogP contribution in [0.25, 0.3) is 0 Å². The lowest BCUT2D eigenvalue weighted by atomic mass is 9.73. The van der Waals surface area contributed by atoms with E-state index in [1.54, 1.807) is 0 Å². The zero-order valence-electron chi connectivity index (χ0n) is 14.0. The number of ether oxygens (including phenoxy) is 2. The number of anilines is 1. The van der Waals surface area contributed by atoms with Crippen LogP contribution in [0.4, 0.5) is 5.69 Å². The maximum Gasteiger partial charge on any atom is 0.337 e. The van der Waals surface area contributed by atoms with Crippen LogP contribution in [0.5, 0.6) is 0 Å². The van der Waals surface area contributed by atoms with Crippen molar-refractivity contribution in [3.05, 3.63) is 41.5 Å². The van der Waals surface area contributed by atoms with Crippen LogP contribution in [-0.4, -0.2) is 30.3 Å². The van der Waals surface area contributed by atoms with Gasteiger partial charge in [-0.05, 0) is 49.1 Å². The quantitative estimate of drug-likeness (QED) is 0.868. The number of rotatable bonds is 3. The lowest BCUT2D eigenvalue weighted by Crippen LogP contribution is -2.48. The van der Waals surface area contributed by atoms with E-state index in [-0.39, 0.29) is 18.1 Å². The van der Waals surface area contributed by atoms with E-state index in [0.29, 0.717) is 18.4 Å². The zero-order valence-corrected chi connectivity index (χ0v) is 14.0. The Bertz CT molecular complexity index is 702. The molecular weight excluding hydrogens is 302 g/mol. The van der Waals surface area contributed by atoms with E-state index < -0.39 is 5.60 Å². The summed E-state index contributed by atoms with van der Waals surface area (Å²) in [5.41, 5.74) is 2.86. The number of fused-ring (bicyclic) bond motifs is 1. The van der Waals surface area contributed by atoms with Crippen molar-refractivity contribution in [2.45, 2.75) is 50.4 Å². The summed E-state index contributed by atoms with van der Waals surface area (Å²) in [5.74, 6) is 0.687. The van der Waals surface area contributed by atoms with E-state index in [1.165, 1.54) is 11.3 Å². The summed E-state index contributed by atoms with van der Waals surface area (Å²) < 4.78 is 12.2. The average molecular weight is 325 g/mol. The summed E-state index contributed by atoms with van der Waals surface area (Å²) in [6.45, 7) is 2.80. The molecular formula is C20H23NO3. The third-order valence-corrected chi connectivity index (χ3v) is 6.23. The topological polar surface area (TPSA) is 47.6 Å². The van der Waals surface area contributed by atoms with Gasteiger partial charge in [0.2, 0.25) is 0 Å². The van der Waals surface area contributed by atoms with Gasteiger partial charge in [0.15, 0.2) is 0 Å². The molecule has 4 heteroatoms. The molecule has 0 bridgehead atoms. The van der Waals surface area contributed by atoms with Crippen LogP contribution in [0.1, 0.15) is 31.7 Å². The second kappa shape index (κ2) is 5.09. The van der Waals surface area contributed by atoms with Gasteiger partial charge in [0.1, 0.15) is 11.7 Å². The molecule has 4 nitrogen and oxygen atoms in total. The van der Waals surface area contributed by atoms with Crippen LogP contribution < -0.4 is 5.32 Å². The Hall–Kier alpha value is -1.81. The first-order valence-electron chi connectivity index (χ1n) is 9.08. The van der Waals surface area contributed by atoms with Gasteiger partial charge in [-0.1, -0.05) is 31.2 Å².